The zero-order chi connectivity index (χ0) is 19.9. The summed E-state index contributed by atoms with van der Waals surface area (Å²) in [6.07, 6.45) is 3.60. The lowest BCUT2D eigenvalue weighted by Gasteiger charge is -2.15. The van der Waals surface area contributed by atoms with Gasteiger partial charge in [0.25, 0.3) is 0 Å². The second-order valence-corrected chi connectivity index (χ2v) is 6.76. The quantitative estimate of drug-likeness (QED) is 0.616. The highest BCUT2D eigenvalue weighted by Crippen LogP contribution is 2.17. The highest BCUT2D eigenvalue weighted by Gasteiger charge is 2.10. The van der Waals surface area contributed by atoms with Crippen molar-refractivity contribution in [1.82, 2.24) is 20.4 Å². The highest BCUT2D eigenvalue weighted by molar-refractivity contribution is 6.30. The average Bonchev–Trinajstić information content (AvgIpc) is 3.17. The molecule has 0 radical (unpaired) electrons. The first-order valence-corrected chi connectivity index (χ1v) is 9.49. The molecule has 3 aromatic rings. The van der Waals surface area contributed by atoms with Gasteiger partial charge in [-0.05, 0) is 55.8 Å². The molecular formula is C21H23ClN4O2. The average molecular weight is 399 g/mol. The number of carbonyl (C=O) groups excluding carboxylic acids is 1. The molecule has 0 saturated heterocycles. The zero-order valence-corrected chi connectivity index (χ0v) is 16.6. The minimum absolute atomic E-state index is 0.118. The number of hydrogen-bond donors (Lipinski definition) is 2. The first kappa shape index (κ1) is 19.8. The van der Waals surface area contributed by atoms with E-state index in [0.717, 1.165) is 22.6 Å². The number of benzene rings is 2. The van der Waals surface area contributed by atoms with Crippen LogP contribution in [0.4, 0.5) is 4.79 Å². The Morgan fingerprint density at radius 1 is 1.18 bits per heavy atom. The predicted molar refractivity (Wildman–Crippen MR) is 110 cm³/mol. The summed E-state index contributed by atoms with van der Waals surface area (Å²) in [5.74, 6) is 0.820. The molecule has 28 heavy (non-hydrogen) atoms. The Balaban J connectivity index is 1.50. The van der Waals surface area contributed by atoms with E-state index in [1.807, 2.05) is 68.6 Å². The third kappa shape index (κ3) is 5.27. The molecule has 0 fully saturated rings. The van der Waals surface area contributed by atoms with Gasteiger partial charge in [-0.2, -0.15) is 5.10 Å². The molecule has 1 aromatic heterocycles. The summed E-state index contributed by atoms with van der Waals surface area (Å²) in [5, 5.41) is 10.8. The number of carbonyl (C=O) groups is 1. The molecule has 0 spiro atoms. The topological polar surface area (TPSA) is 68.2 Å². The van der Waals surface area contributed by atoms with Crippen LogP contribution in [0.25, 0.3) is 5.69 Å². The van der Waals surface area contributed by atoms with E-state index >= 15 is 0 Å². The molecule has 2 aromatic carbocycles. The summed E-state index contributed by atoms with van der Waals surface area (Å²) in [4.78, 5) is 12.2. The molecule has 0 aliphatic heterocycles. The van der Waals surface area contributed by atoms with Gasteiger partial charge in [0.05, 0.1) is 24.5 Å². The summed E-state index contributed by atoms with van der Waals surface area (Å²) in [6, 6.07) is 14.7. The Labute approximate surface area is 169 Å². The van der Waals surface area contributed by atoms with Gasteiger partial charge < -0.3 is 15.4 Å². The Morgan fingerprint density at radius 3 is 2.57 bits per heavy atom. The van der Waals surface area contributed by atoms with Crippen molar-refractivity contribution in [3.8, 4) is 11.4 Å². The molecule has 0 saturated carbocycles. The van der Waals surface area contributed by atoms with Crippen molar-refractivity contribution in [2.24, 2.45) is 0 Å². The van der Waals surface area contributed by atoms with E-state index in [4.69, 9.17) is 16.3 Å². The number of nitrogens with one attached hydrogen (secondary N) is 2. The van der Waals surface area contributed by atoms with Crippen LogP contribution in [-0.4, -0.2) is 22.4 Å². The molecule has 0 aliphatic carbocycles. The van der Waals surface area contributed by atoms with Crippen LogP contribution in [0, 0.1) is 0 Å². The van der Waals surface area contributed by atoms with Crippen LogP contribution in [0.5, 0.6) is 5.75 Å². The zero-order valence-electron chi connectivity index (χ0n) is 15.9. The largest absolute Gasteiger partial charge is 0.494 e. The number of nitrogens with zero attached hydrogens (tertiary/aromatic N) is 2. The smallest absolute Gasteiger partial charge is 0.315 e. The number of halogens is 1. The van der Waals surface area contributed by atoms with E-state index in [2.05, 4.69) is 15.7 Å². The number of rotatable bonds is 7. The molecule has 0 aliphatic rings. The summed E-state index contributed by atoms with van der Waals surface area (Å²) in [6.45, 7) is 4.90. The lowest BCUT2D eigenvalue weighted by molar-refractivity contribution is 0.237. The molecular weight excluding hydrogens is 376 g/mol. The van der Waals surface area contributed by atoms with Crippen LogP contribution in [0.2, 0.25) is 5.02 Å². The normalized spacial score (nSPS) is 11.7. The number of urea groups is 1. The second-order valence-electron chi connectivity index (χ2n) is 6.32. The lowest BCUT2D eigenvalue weighted by atomic mass is 10.1. The van der Waals surface area contributed by atoms with Gasteiger partial charge in [-0.3, -0.25) is 0 Å². The fourth-order valence-electron chi connectivity index (χ4n) is 2.72. The minimum Gasteiger partial charge on any atom is -0.494 e. The monoisotopic (exact) mass is 398 g/mol. The van der Waals surface area contributed by atoms with Gasteiger partial charge in [0.15, 0.2) is 0 Å². The molecule has 7 heteroatoms. The molecule has 2 amide bonds. The number of aromatic nitrogens is 2. The van der Waals surface area contributed by atoms with Gasteiger partial charge in [-0.1, -0.05) is 23.7 Å². The van der Waals surface area contributed by atoms with Crippen molar-refractivity contribution in [2.75, 3.05) is 6.61 Å². The van der Waals surface area contributed by atoms with Crippen LogP contribution in [-0.2, 0) is 6.54 Å². The summed E-state index contributed by atoms with van der Waals surface area (Å²) >= 11 is 5.91. The Hall–Kier alpha value is -2.99. The van der Waals surface area contributed by atoms with Gasteiger partial charge in [-0.15, -0.1) is 0 Å². The first-order chi connectivity index (χ1) is 13.5. The van der Waals surface area contributed by atoms with Crippen LogP contribution in [0.3, 0.4) is 0 Å². The maximum absolute atomic E-state index is 12.2. The van der Waals surface area contributed by atoms with E-state index in [-0.39, 0.29) is 12.1 Å². The van der Waals surface area contributed by atoms with Crippen molar-refractivity contribution in [1.29, 1.82) is 0 Å². The van der Waals surface area contributed by atoms with E-state index in [0.29, 0.717) is 18.2 Å². The van der Waals surface area contributed by atoms with Crippen molar-refractivity contribution in [3.05, 3.63) is 77.1 Å². The molecule has 1 heterocycles. The van der Waals surface area contributed by atoms with Crippen molar-refractivity contribution in [2.45, 2.75) is 26.4 Å². The summed E-state index contributed by atoms with van der Waals surface area (Å²) in [7, 11) is 0. The molecule has 1 unspecified atom stereocenters. The van der Waals surface area contributed by atoms with Gasteiger partial charge in [-0.25, -0.2) is 9.48 Å². The van der Waals surface area contributed by atoms with Gasteiger partial charge in [0.1, 0.15) is 5.75 Å². The fourth-order valence-corrected chi connectivity index (χ4v) is 2.85. The molecule has 2 N–H and O–H groups in total. The second kappa shape index (κ2) is 9.28. The highest BCUT2D eigenvalue weighted by atomic mass is 35.5. The van der Waals surface area contributed by atoms with Crippen LogP contribution >= 0.6 is 11.6 Å². The van der Waals surface area contributed by atoms with E-state index < -0.39 is 0 Å². The summed E-state index contributed by atoms with van der Waals surface area (Å²) < 4.78 is 7.18. The van der Waals surface area contributed by atoms with E-state index in [9.17, 15) is 4.79 Å². The SMILES string of the molecule is CCOc1ccc(C(C)NC(=O)NCc2cnn(-c3ccc(Cl)cc3)c2)cc1. The maximum Gasteiger partial charge on any atom is 0.315 e. The number of ether oxygens (including phenoxy) is 1. The molecule has 146 valence electrons. The van der Waals surface area contributed by atoms with Crippen LogP contribution in [0.15, 0.2) is 60.9 Å². The van der Waals surface area contributed by atoms with Crippen LogP contribution < -0.4 is 15.4 Å². The van der Waals surface area contributed by atoms with Crippen molar-refractivity contribution >= 4 is 17.6 Å². The number of amides is 2. The molecule has 0 bridgehead atoms. The van der Waals surface area contributed by atoms with Gasteiger partial charge in [0.2, 0.25) is 0 Å². The Morgan fingerprint density at radius 2 is 1.89 bits per heavy atom. The van der Waals surface area contributed by atoms with Crippen molar-refractivity contribution in [3.63, 3.8) is 0 Å². The number of hydrogen-bond acceptors (Lipinski definition) is 3. The maximum atomic E-state index is 12.2. The lowest BCUT2D eigenvalue weighted by Crippen LogP contribution is -2.36. The first-order valence-electron chi connectivity index (χ1n) is 9.11. The predicted octanol–water partition coefficient (Wildman–Crippen LogP) is 4.48. The fraction of sp³-hybridized carbons (Fsp3) is 0.238. The third-order valence-electron chi connectivity index (χ3n) is 4.22. The molecule has 6 nitrogen and oxygen atoms in total. The van der Waals surface area contributed by atoms with E-state index in [1.165, 1.54) is 0 Å². The van der Waals surface area contributed by atoms with Gasteiger partial charge >= 0.3 is 6.03 Å². The Kier molecular flexibility index (Phi) is 6.55. The Bertz CT molecular complexity index is 907. The molecule has 1 atom stereocenters. The van der Waals surface area contributed by atoms with Crippen LogP contribution in [0.1, 0.15) is 31.0 Å². The minimum atomic E-state index is -0.236. The third-order valence-corrected chi connectivity index (χ3v) is 4.47. The standard InChI is InChI=1S/C21H23ClN4O2/c1-3-28-20-10-4-17(5-11-20)15(2)25-21(27)23-12-16-13-24-26(14-16)19-8-6-18(22)7-9-19/h4-11,13-15H,3,12H2,1-2H3,(H2,23,25,27). The van der Waals surface area contributed by atoms with Gasteiger partial charge in [0, 0.05) is 23.3 Å². The molecule has 3 rings (SSSR count). The van der Waals surface area contributed by atoms with Crippen molar-refractivity contribution < 1.29 is 9.53 Å². The summed E-state index contributed by atoms with van der Waals surface area (Å²) in [5.41, 5.74) is 2.82. The van der Waals surface area contributed by atoms with E-state index in [1.54, 1.807) is 10.9 Å².